The molecule has 2 heterocycles. The number of fused-ring (bicyclic) bond motifs is 1. The van der Waals surface area contributed by atoms with Gasteiger partial charge in [-0.25, -0.2) is 0 Å². The number of nitrogens with one attached hydrogen (secondary N) is 1. The van der Waals surface area contributed by atoms with Crippen LogP contribution in [-0.2, 0) is 16.9 Å². The van der Waals surface area contributed by atoms with E-state index in [2.05, 4.69) is 27.7 Å². The molecule has 0 radical (unpaired) electrons. The minimum Gasteiger partial charge on any atom is -0.375 e. The molecule has 2 aromatic rings. The van der Waals surface area contributed by atoms with E-state index in [-0.39, 0.29) is 17.9 Å². The lowest BCUT2D eigenvalue weighted by atomic mass is 9.79. The van der Waals surface area contributed by atoms with Gasteiger partial charge >= 0.3 is 0 Å². The minimum absolute atomic E-state index is 0.0174. The molecule has 0 bridgehead atoms. The van der Waals surface area contributed by atoms with Gasteiger partial charge in [0.05, 0.1) is 0 Å². The summed E-state index contributed by atoms with van der Waals surface area (Å²) in [6.45, 7) is 3.10. The van der Waals surface area contributed by atoms with Crippen LogP contribution in [0.4, 0.5) is 0 Å². The van der Waals surface area contributed by atoms with Crippen molar-refractivity contribution >= 4 is 17.2 Å². The number of thiophene rings is 1. The number of nitrogens with zero attached hydrogens (tertiary/aromatic N) is 1. The first-order valence-corrected chi connectivity index (χ1v) is 11.4. The summed E-state index contributed by atoms with van der Waals surface area (Å²) in [5.74, 6) is 0.902. The lowest BCUT2D eigenvalue weighted by molar-refractivity contribution is -0.147. The number of benzene rings is 1. The highest BCUT2D eigenvalue weighted by Crippen LogP contribution is 2.47. The molecule has 5 rings (SSSR count). The van der Waals surface area contributed by atoms with Crippen molar-refractivity contribution in [3.05, 3.63) is 58.3 Å². The Labute approximate surface area is 170 Å². The highest BCUT2D eigenvalue weighted by atomic mass is 32.1. The maximum absolute atomic E-state index is 13.3. The molecule has 3 fully saturated rings. The number of hydrogen-bond acceptors (Lipinski definition) is 4. The van der Waals surface area contributed by atoms with Crippen LogP contribution in [0.25, 0.3) is 0 Å². The molecule has 0 spiro atoms. The summed E-state index contributed by atoms with van der Waals surface area (Å²) in [5, 5.41) is 17.0. The first-order chi connectivity index (χ1) is 13.7. The SMILES string of the molecule is O=C(NC1[C@H]2CN(Cc3cccs3)C[C@@H]12)C(O)(c1ccccc1)C1CCCC1. The monoisotopic (exact) mass is 396 g/mol. The number of aliphatic hydroxyl groups is 1. The highest BCUT2D eigenvalue weighted by molar-refractivity contribution is 7.09. The Balaban J connectivity index is 1.25. The summed E-state index contributed by atoms with van der Waals surface area (Å²) >= 11 is 1.81. The lowest BCUT2D eigenvalue weighted by Gasteiger charge is -2.33. The number of carbonyl (C=O) groups is 1. The van der Waals surface area contributed by atoms with Gasteiger partial charge in [0.1, 0.15) is 0 Å². The normalized spacial score (nSPS) is 29.4. The Kier molecular flexibility index (Phi) is 4.77. The van der Waals surface area contributed by atoms with E-state index in [0.717, 1.165) is 50.9 Å². The van der Waals surface area contributed by atoms with Gasteiger partial charge in [0.25, 0.3) is 5.91 Å². The molecule has 4 atom stereocenters. The van der Waals surface area contributed by atoms with E-state index in [4.69, 9.17) is 0 Å². The van der Waals surface area contributed by atoms with Crippen molar-refractivity contribution in [2.45, 2.75) is 43.9 Å². The fraction of sp³-hybridized carbons (Fsp3) is 0.522. The van der Waals surface area contributed by atoms with Crippen molar-refractivity contribution in [3.8, 4) is 0 Å². The second-order valence-corrected chi connectivity index (χ2v) is 9.75. The maximum Gasteiger partial charge on any atom is 0.257 e. The molecule has 1 aromatic heterocycles. The molecule has 1 aliphatic heterocycles. The van der Waals surface area contributed by atoms with Gasteiger partial charge in [-0.1, -0.05) is 49.2 Å². The zero-order chi connectivity index (χ0) is 19.1. The fourth-order valence-corrected chi connectivity index (χ4v) is 6.18. The second-order valence-electron chi connectivity index (χ2n) is 8.71. The van der Waals surface area contributed by atoms with Gasteiger partial charge in [-0.3, -0.25) is 9.69 Å². The van der Waals surface area contributed by atoms with Crippen molar-refractivity contribution in [2.24, 2.45) is 17.8 Å². The molecule has 2 N–H and O–H groups in total. The maximum atomic E-state index is 13.3. The van der Waals surface area contributed by atoms with Crippen LogP contribution >= 0.6 is 11.3 Å². The molecule has 28 heavy (non-hydrogen) atoms. The minimum atomic E-state index is -1.40. The molecular weight excluding hydrogens is 368 g/mol. The summed E-state index contributed by atoms with van der Waals surface area (Å²) in [6, 6.07) is 14.1. The Morgan fingerprint density at radius 1 is 1.11 bits per heavy atom. The zero-order valence-electron chi connectivity index (χ0n) is 16.1. The molecule has 3 aliphatic rings. The van der Waals surface area contributed by atoms with Gasteiger partial charge in [-0.15, -0.1) is 11.3 Å². The number of rotatable bonds is 6. The average molecular weight is 397 g/mol. The van der Waals surface area contributed by atoms with Crippen LogP contribution in [0.15, 0.2) is 47.8 Å². The van der Waals surface area contributed by atoms with E-state index in [1.165, 1.54) is 4.88 Å². The summed E-state index contributed by atoms with van der Waals surface area (Å²) in [5.41, 5.74) is -0.657. The van der Waals surface area contributed by atoms with E-state index in [9.17, 15) is 9.90 Å². The van der Waals surface area contributed by atoms with E-state index in [1.54, 1.807) is 0 Å². The molecule has 5 heteroatoms. The topological polar surface area (TPSA) is 52.6 Å². The number of hydrogen-bond donors (Lipinski definition) is 2. The number of carbonyl (C=O) groups excluding carboxylic acids is 1. The molecule has 1 amide bonds. The molecule has 2 unspecified atom stereocenters. The number of likely N-dealkylation sites (tertiary alicyclic amines) is 1. The van der Waals surface area contributed by atoms with Gasteiger partial charge in [-0.05, 0) is 41.7 Å². The largest absolute Gasteiger partial charge is 0.375 e. The van der Waals surface area contributed by atoms with Gasteiger partial charge in [-0.2, -0.15) is 0 Å². The van der Waals surface area contributed by atoms with Gasteiger partial charge < -0.3 is 10.4 Å². The lowest BCUT2D eigenvalue weighted by Crippen LogP contribution is -2.50. The Morgan fingerprint density at radius 3 is 2.46 bits per heavy atom. The predicted octanol–water partition coefficient (Wildman–Crippen LogP) is 3.37. The van der Waals surface area contributed by atoms with Gasteiger partial charge in [0.15, 0.2) is 5.60 Å². The van der Waals surface area contributed by atoms with Crippen LogP contribution in [0.1, 0.15) is 36.1 Å². The van der Waals surface area contributed by atoms with Crippen LogP contribution in [-0.4, -0.2) is 35.0 Å². The van der Waals surface area contributed by atoms with Gasteiger partial charge in [0, 0.05) is 36.5 Å². The van der Waals surface area contributed by atoms with Crippen molar-refractivity contribution in [1.82, 2.24) is 10.2 Å². The number of piperidine rings is 1. The van der Waals surface area contributed by atoms with Crippen molar-refractivity contribution in [3.63, 3.8) is 0 Å². The first kappa shape index (κ1) is 18.3. The molecule has 2 saturated carbocycles. The smallest absolute Gasteiger partial charge is 0.257 e. The zero-order valence-corrected chi connectivity index (χ0v) is 16.9. The van der Waals surface area contributed by atoms with Crippen LogP contribution < -0.4 is 5.32 Å². The van der Waals surface area contributed by atoms with E-state index in [1.807, 2.05) is 41.7 Å². The van der Waals surface area contributed by atoms with Crippen molar-refractivity contribution < 1.29 is 9.90 Å². The second kappa shape index (κ2) is 7.29. The quantitative estimate of drug-likeness (QED) is 0.787. The molecule has 148 valence electrons. The highest BCUT2D eigenvalue weighted by Gasteiger charge is 2.58. The van der Waals surface area contributed by atoms with Crippen molar-refractivity contribution in [2.75, 3.05) is 13.1 Å². The van der Waals surface area contributed by atoms with E-state index < -0.39 is 5.60 Å². The van der Waals surface area contributed by atoms with E-state index >= 15 is 0 Å². The molecule has 2 aliphatic carbocycles. The molecule has 1 saturated heterocycles. The molecule has 1 aromatic carbocycles. The Hall–Kier alpha value is -1.69. The first-order valence-electron chi connectivity index (χ1n) is 10.5. The summed E-state index contributed by atoms with van der Waals surface area (Å²) in [7, 11) is 0. The predicted molar refractivity (Wildman–Crippen MR) is 111 cm³/mol. The molecular formula is C23H28N2O2S. The van der Waals surface area contributed by atoms with Gasteiger partial charge in [0.2, 0.25) is 0 Å². The molecule has 4 nitrogen and oxygen atoms in total. The summed E-state index contributed by atoms with van der Waals surface area (Å²) in [6.07, 6.45) is 4.04. The van der Waals surface area contributed by atoms with Crippen LogP contribution in [0.5, 0.6) is 0 Å². The standard InChI is InChI=1S/C23H28N2O2S/c26-22(23(27,17-9-4-5-10-17)16-7-2-1-3-8-16)24-21-19-14-25(15-20(19)21)13-18-11-6-12-28-18/h1-3,6-8,11-12,17,19-21,27H,4-5,9-10,13-15H2,(H,24,26)/t19-,20+,21?,23?. The Morgan fingerprint density at radius 2 is 1.82 bits per heavy atom. The van der Waals surface area contributed by atoms with E-state index in [0.29, 0.717) is 11.8 Å². The average Bonchev–Trinajstić information content (AvgIpc) is 3.28. The van der Waals surface area contributed by atoms with Crippen molar-refractivity contribution in [1.29, 1.82) is 0 Å². The fourth-order valence-electron chi connectivity index (χ4n) is 5.43. The Bertz CT molecular complexity index is 806. The number of amides is 1. The third-order valence-corrected chi connectivity index (χ3v) is 7.89. The van der Waals surface area contributed by atoms with Crippen LogP contribution in [0.2, 0.25) is 0 Å². The third kappa shape index (κ3) is 3.19. The van der Waals surface area contributed by atoms with Crippen LogP contribution in [0, 0.1) is 17.8 Å². The summed E-state index contributed by atoms with van der Waals surface area (Å²) < 4.78 is 0. The van der Waals surface area contributed by atoms with Crippen LogP contribution in [0.3, 0.4) is 0 Å². The summed E-state index contributed by atoms with van der Waals surface area (Å²) in [4.78, 5) is 17.2. The third-order valence-electron chi connectivity index (χ3n) is 7.03.